The van der Waals surface area contributed by atoms with Crippen LogP contribution in [0.15, 0.2) is 24.3 Å². The number of nitrogens with two attached hydrogens (primary N) is 2. The Labute approximate surface area is 118 Å². The van der Waals surface area contributed by atoms with Crippen molar-refractivity contribution in [1.82, 2.24) is 0 Å². The molecule has 2 rings (SSSR count). The summed E-state index contributed by atoms with van der Waals surface area (Å²) < 4.78 is 0. The lowest BCUT2D eigenvalue weighted by Crippen LogP contribution is -2.35. The van der Waals surface area contributed by atoms with E-state index in [1.165, 1.54) is 0 Å². The predicted octanol–water partition coefficient (Wildman–Crippen LogP) is 1.49. The van der Waals surface area contributed by atoms with Crippen molar-refractivity contribution in [2.24, 2.45) is 23.3 Å². The Morgan fingerprint density at radius 2 is 1.80 bits per heavy atom. The van der Waals surface area contributed by atoms with E-state index in [0.29, 0.717) is 17.8 Å². The topological polar surface area (TPSA) is 98.2 Å². The summed E-state index contributed by atoms with van der Waals surface area (Å²) in [5, 5.41) is 2.90. The maximum atomic E-state index is 12.3. The van der Waals surface area contributed by atoms with Gasteiger partial charge in [-0.25, -0.2) is 0 Å². The molecular weight excluding hydrogens is 254 g/mol. The van der Waals surface area contributed by atoms with Crippen molar-refractivity contribution in [2.75, 3.05) is 11.9 Å². The minimum atomic E-state index is -0.474. The maximum absolute atomic E-state index is 12.3. The Morgan fingerprint density at radius 3 is 2.40 bits per heavy atom. The van der Waals surface area contributed by atoms with E-state index in [1.54, 1.807) is 24.3 Å². The lowest BCUT2D eigenvalue weighted by Gasteiger charge is -2.29. The molecule has 0 heterocycles. The minimum Gasteiger partial charge on any atom is -0.366 e. The van der Waals surface area contributed by atoms with Gasteiger partial charge in [-0.05, 0) is 49.6 Å². The molecule has 0 saturated heterocycles. The smallest absolute Gasteiger partial charge is 0.248 e. The highest BCUT2D eigenvalue weighted by Gasteiger charge is 2.29. The molecule has 0 aromatic heterocycles. The van der Waals surface area contributed by atoms with Gasteiger partial charge in [0.2, 0.25) is 11.8 Å². The highest BCUT2D eigenvalue weighted by Crippen LogP contribution is 2.30. The van der Waals surface area contributed by atoms with Gasteiger partial charge in [0.1, 0.15) is 0 Å². The van der Waals surface area contributed by atoms with Crippen LogP contribution in [-0.4, -0.2) is 18.4 Å². The monoisotopic (exact) mass is 275 g/mol. The standard InChI is InChI=1S/C15H21N3O2/c16-9-11-3-1-2-4-13(11)15(20)18-12-7-5-10(6-8-12)14(17)19/h5-8,11,13H,1-4,9,16H2,(H2,17,19)(H,18,20). The summed E-state index contributed by atoms with van der Waals surface area (Å²) in [5.41, 5.74) is 12.0. The summed E-state index contributed by atoms with van der Waals surface area (Å²) in [4.78, 5) is 23.3. The number of nitrogens with one attached hydrogen (secondary N) is 1. The van der Waals surface area contributed by atoms with Crippen molar-refractivity contribution >= 4 is 17.5 Å². The normalized spacial score (nSPS) is 22.2. The number of carbonyl (C=O) groups is 2. The number of anilines is 1. The third-order valence-electron chi connectivity index (χ3n) is 3.99. The predicted molar refractivity (Wildman–Crippen MR) is 78.1 cm³/mol. The van der Waals surface area contributed by atoms with Gasteiger partial charge in [-0.15, -0.1) is 0 Å². The lowest BCUT2D eigenvalue weighted by molar-refractivity contribution is -0.122. The van der Waals surface area contributed by atoms with Crippen LogP contribution in [-0.2, 0) is 4.79 Å². The third kappa shape index (κ3) is 3.36. The van der Waals surface area contributed by atoms with Gasteiger partial charge in [0, 0.05) is 17.2 Å². The molecule has 108 valence electrons. The van der Waals surface area contributed by atoms with Crippen LogP contribution < -0.4 is 16.8 Å². The zero-order chi connectivity index (χ0) is 14.5. The molecule has 0 spiro atoms. The van der Waals surface area contributed by atoms with Crippen LogP contribution in [0.4, 0.5) is 5.69 Å². The van der Waals surface area contributed by atoms with Crippen LogP contribution >= 0.6 is 0 Å². The molecule has 0 bridgehead atoms. The Morgan fingerprint density at radius 1 is 1.15 bits per heavy atom. The summed E-state index contributed by atoms with van der Waals surface area (Å²) in [6, 6.07) is 6.61. The summed E-state index contributed by atoms with van der Waals surface area (Å²) in [6.45, 7) is 0.554. The molecule has 1 saturated carbocycles. The minimum absolute atomic E-state index is 0.00966. The number of amides is 2. The van der Waals surface area contributed by atoms with Crippen LogP contribution in [0.25, 0.3) is 0 Å². The van der Waals surface area contributed by atoms with E-state index >= 15 is 0 Å². The number of hydrogen-bond donors (Lipinski definition) is 3. The highest BCUT2D eigenvalue weighted by molar-refractivity contribution is 5.95. The molecule has 1 aliphatic carbocycles. The van der Waals surface area contributed by atoms with Crippen molar-refractivity contribution < 1.29 is 9.59 Å². The van der Waals surface area contributed by atoms with E-state index in [4.69, 9.17) is 11.5 Å². The largest absolute Gasteiger partial charge is 0.366 e. The van der Waals surface area contributed by atoms with Crippen LogP contribution in [0.5, 0.6) is 0 Å². The van der Waals surface area contributed by atoms with E-state index < -0.39 is 5.91 Å². The zero-order valence-corrected chi connectivity index (χ0v) is 11.5. The highest BCUT2D eigenvalue weighted by atomic mass is 16.2. The number of carbonyl (C=O) groups excluding carboxylic acids is 2. The molecule has 5 N–H and O–H groups in total. The van der Waals surface area contributed by atoms with Crippen molar-refractivity contribution in [3.8, 4) is 0 Å². The first kappa shape index (κ1) is 14.5. The quantitative estimate of drug-likeness (QED) is 0.776. The Balaban J connectivity index is 2.01. The van der Waals surface area contributed by atoms with Crippen molar-refractivity contribution in [3.05, 3.63) is 29.8 Å². The molecular formula is C15H21N3O2. The SMILES string of the molecule is NCC1CCCCC1C(=O)Nc1ccc(C(N)=O)cc1. The summed E-state index contributed by atoms with van der Waals surface area (Å²) >= 11 is 0. The maximum Gasteiger partial charge on any atom is 0.248 e. The molecule has 0 radical (unpaired) electrons. The first-order valence-electron chi connectivity index (χ1n) is 7.02. The molecule has 2 atom stereocenters. The van der Waals surface area contributed by atoms with Gasteiger partial charge in [0.25, 0.3) is 0 Å². The first-order valence-corrected chi connectivity index (χ1v) is 7.02. The number of hydrogen-bond acceptors (Lipinski definition) is 3. The van der Waals surface area contributed by atoms with Crippen LogP contribution in [0.1, 0.15) is 36.0 Å². The molecule has 1 aliphatic rings. The van der Waals surface area contributed by atoms with E-state index in [1.807, 2.05) is 0 Å². The zero-order valence-electron chi connectivity index (χ0n) is 11.5. The summed E-state index contributed by atoms with van der Waals surface area (Å²) in [6.07, 6.45) is 4.15. The average Bonchev–Trinajstić information content (AvgIpc) is 2.47. The molecule has 2 unspecified atom stereocenters. The molecule has 1 fully saturated rings. The number of primary amides is 1. The number of rotatable bonds is 4. The molecule has 5 heteroatoms. The van der Waals surface area contributed by atoms with Gasteiger partial charge >= 0.3 is 0 Å². The average molecular weight is 275 g/mol. The van der Waals surface area contributed by atoms with E-state index in [-0.39, 0.29) is 17.7 Å². The van der Waals surface area contributed by atoms with Crippen molar-refractivity contribution in [1.29, 1.82) is 0 Å². The van der Waals surface area contributed by atoms with Gasteiger partial charge in [0.15, 0.2) is 0 Å². The van der Waals surface area contributed by atoms with Crippen LogP contribution in [0.3, 0.4) is 0 Å². The molecule has 1 aromatic rings. The van der Waals surface area contributed by atoms with E-state index in [9.17, 15) is 9.59 Å². The lowest BCUT2D eigenvalue weighted by atomic mass is 9.78. The number of benzene rings is 1. The fourth-order valence-corrected chi connectivity index (χ4v) is 2.79. The van der Waals surface area contributed by atoms with Gasteiger partial charge in [-0.2, -0.15) is 0 Å². The fourth-order valence-electron chi connectivity index (χ4n) is 2.79. The Bertz CT molecular complexity index is 484. The third-order valence-corrected chi connectivity index (χ3v) is 3.99. The van der Waals surface area contributed by atoms with E-state index in [0.717, 1.165) is 25.7 Å². The van der Waals surface area contributed by atoms with E-state index in [2.05, 4.69) is 5.32 Å². The van der Waals surface area contributed by atoms with Crippen LogP contribution in [0, 0.1) is 11.8 Å². The second-order valence-electron chi connectivity index (χ2n) is 5.32. The molecule has 1 aromatic carbocycles. The summed E-state index contributed by atoms with van der Waals surface area (Å²) in [7, 11) is 0. The summed E-state index contributed by atoms with van der Waals surface area (Å²) in [5.74, 6) is -0.191. The first-order chi connectivity index (χ1) is 9.61. The van der Waals surface area contributed by atoms with Crippen molar-refractivity contribution in [3.63, 3.8) is 0 Å². The molecule has 0 aliphatic heterocycles. The van der Waals surface area contributed by atoms with Gasteiger partial charge in [-0.1, -0.05) is 12.8 Å². The fraction of sp³-hybridized carbons (Fsp3) is 0.467. The second kappa shape index (κ2) is 6.52. The van der Waals surface area contributed by atoms with Crippen molar-refractivity contribution in [2.45, 2.75) is 25.7 Å². The van der Waals surface area contributed by atoms with Gasteiger partial charge < -0.3 is 16.8 Å². The molecule has 20 heavy (non-hydrogen) atoms. The molecule has 5 nitrogen and oxygen atoms in total. The molecule has 2 amide bonds. The second-order valence-corrected chi connectivity index (χ2v) is 5.32. The van der Waals surface area contributed by atoms with Gasteiger partial charge in [0.05, 0.1) is 0 Å². The Kier molecular flexibility index (Phi) is 4.74. The Hall–Kier alpha value is -1.88. The van der Waals surface area contributed by atoms with Gasteiger partial charge in [-0.3, -0.25) is 9.59 Å². The van der Waals surface area contributed by atoms with Crippen LogP contribution in [0.2, 0.25) is 0 Å².